The highest BCUT2D eigenvalue weighted by Crippen LogP contribution is 2.35. The Morgan fingerprint density at radius 1 is 1.15 bits per heavy atom. The summed E-state index contributed by atoms with van der Waals surface area (Å²) in [6.07, 6.45) is 8.88. The van der Waals surface area contributed by atoms with Crippen LogP contribution in [0.2, 0.25) is 0 Å². The molecule has 11 heteroatoms. The van der Waals surface area contributed by atoms with Crippen LogP contribution in [0.25, 0.3) is 55.3 Å². The Hall–Kier alpha value is -4.48. The van der Waals surface area contributed by atoms with Crippen molar-refractivity contribution in [2.75, 3.05) is 5.32 Å². The van der Waals surface area contributed by atoms with Crippen LogP contribution in [0.3, 0.4) is 0 Å². The van der Waals surface area contributed by atoms with Crippen molar-refractivity contribution in [3.05, 3.63) is 60.0 Å². The van der Waals surface area contributed by atoms with E-state index in [1.54, 1.807) is 31.7 Å². The van der Waals surface area contributed by atoms with Crippen molar-refractivity contribution in [1.82, 2.24) is 35.1 Å². The molecule has 0 aliphatic carbocycles. The molecule has 10 nitrogen and oxygen atoms in total. The van der Waals surface area contributed by atoms with Crippen LogP contribution in [0, 0.1) is 0 Å². The molecule has 6 rings (SSSR count). The number of imidazole rings is 1. The van der Waals surface area contributed by atoms with Gasteiger partial charge in [-0.25, -0.2) is 9.97 Å². The lowest BCUT2D eigenvalue weighted by Gasteiger charge is -2.14. The molecule has 0 amide bonds. The van der Waals surface area contributed by atoms with Gasteiger partial charge in [-0.15, -0.1) is 11.3 Å². The number of aromatic amines is 2. The van der Waals surface area contributed by atoms with Gasteiger partial charge in [0.15, 0.2) is 17.3 Å². The minimum Gasteiger partial charge on any atom is -0.374 e. The number of hydrogen-bond acceptors (Lipinski definition) is 9. The Labute approximate surface area is 227 Å². The minimum atomic E-state index is -0.632. The van der Waals surface area contributed by atoms with Gasteiger partial charge < -0.3 is 15.4 Å². The van der Waals surface area contributed by atoms with Gasteiger partial charge in [-0.05, 0) is 50.1 Å². The first-order valence-corrected chi connectivity index (χ1v) is 13.5. The van der Waals surface area contributed by atoms with E-state index in [0.29, 0.717) is 34.0 Å². The lowest BCUT2D eigenvalue weighted by molar-refractivity contribution is 0.102. The molecule has 6 heterocycles. The van der Waals surface area contributed by atoms with Crippen LogP contribution in [-0.4, -0.2) is 52.2 Å². The Bertz CT molecular complexity index is 1800. The average molecular weight is 539 g/mol. The van der Waals surface area contributed by atoms with E-state index < -0.39 is 6.23 Å². The summed E-state index contributed by atoms with van der Waals surface area (Å²) in [6.45, 7) is 3.66. The zero-order valence-electron chi connectivity index (χ0n) is 21.4. The summed E-state index contributed by atoms with van der Waals surface area (Å²) in [5, 5.41) is 21.8. The van der Waals surface area contributed by atoms with E-state index in [0.717, 1.165) is 51.1 Å². The van der Waals surface area contributed by atoms with Crippen molar-refractivity contribution >= 4 is 44.9 Å². The van der Waals surface area contributed by atoms with E-state index in [2.05, 4.69) is 42.4 Å². The fraction of sp³-hybridized carbons (Fsp3) is 0.214. The third-order valence-corrected chi connectivity index (χ3v) is 7.69. The smallest absolute Gasteiger partial charge is 0.169 e. The number of H-pyrrole nitrogens is 2. The second-order valence-corrected chi connectivity index (χ2v) is 10.4. The monoisotopic (exact) mass is 538 g/mol. The molecule has 0 bridgehead atoms. The number of thiophene rings is 1. The topological polar surface area (TPSA) is 145 Å². The van der Waals surface area contributed by atoms with Crippen LogP contribution in [0.15, 0.2) is 55.1 Å². The fourth-order valence-electron chi connectivity index (χ4n) is 4.47. The molecule has 0 aromatic carbocycles. The van der Waals surface area contributed by atoms with E-state index in [9.17, 15) is 9.90 Å². The van der Waals surface area contributed by atoms with Gasteiger partial charge in [-0.2, -0.15) is 5.10 Å². The van der Waals surface area contributed by atoms with E-state index in [-0.39, 0.29) is 5.78 Å². The highest BCUT2D eigenvalue weighted by molar-refractivity contribution is 7.17. The quantitative estimate of drug-likeness (QED) is 0.133. The van der Waals surface area contributed by atoms with Crippen molar-refractivity contribution in [2.24, 2.45) is 0 Å². The van der Waals surface area contributed by atoms with Crippen LogP contribution in [-0.2, 0) is 0 Å². The number of aliphatic hydroxyl groups is 1. The van der Waals surface area contributed by atoms with E-state index in [1.165, 1.54) is 11.3 Å². The molecular weight excluding hydrogens is 512 g/mol. The number of rotatable bonds is 9. The normalized spacial score (nSPS) is 12.3. The van der Waals surface area contributed by atoms with Gasteiger partial charge in [0.1, 0.15) is 17.4 Å². The maximum absolute atomic E-state index is 11.8. The number of ketones is 1. The standard InChI is InChI=1S/C28H26N8O2S/c1-3-4-5-24(38)32-17-10-16(12-29-13-17)20-11-19-21(14-31-20)35-36-26(19)28-33-25-18(8-9-30-27(25)34-28)23-7-6-22(39-23)15(2)37/h6-14,24,32,38H,3-5H2,1-2H3,(H,35,36)(H,30,33,34). The molecular formula is C28H26N8O2S. The number of Topliss-reactive ketones (excluding diaryl/α,β-unsaturated/α-hetero) is 1. The average Bonchev–Trinajstić information content (AvgIpc) is 3.69. The molecule has 4 N–H and O–H groups in total. The molecule has 0 radical (unpaired) electrons. The summed E-state index contributed by atoms with van der Waals surface area (Å²) >= 11 is 1.44. The first kappa shape index (κ1) is 24.8. The van der Waals surface area contributed by atoms with Gasteiger partial charge in [0.25, 0.3) is 0 Å². The first-order chi connectivity index (χ1) is 19.0. The zero-order chi connectivity index (χ0) is 26.9. The highest BCUT2D eigenvalue weighted by atomic mass is 32.1. The van der Waals surface area contributed by atoms with E-state index in [4.69, 9.17) is 4.98 Å². The zero-order valence-corrected chi connectivity index (χ0v) is 22.2. The molecule has 0 aliphatic rings. The van der Waals surface area contributed by atoms with Crippen molar-refractivity contribution in [3.63, 3.8) is 0 Å². The van der Waals surface area contributed by atoms with Crippen LogP contribution in [0.4, 0.5) is 5.69 Å². The molecule has 0 spiro atoms. The molecule has 0 saturated heterocycles. The van der Waals surface area contributed by atoms with Crippen molar-refractivity contribution in [2.45, 2.75) is 39.3 Å². The lowest BCUT2D eigenvalue weighted by atomic mass is 10.1. The number of anilines is 1. The minimum absolute atomic E-state index is 0.0378. The van der Waals surface area contributed by atoms with Crippen molar-refractivity contribution in [3.8, 4) is 33.2 Å². The summed E-state index contributed by atoms with van der Waals surface area (Å²) in [5.41, 5.74) is 5.91. The molecule has 39 heavy (non-hydrogen) atoms. The number of hydrogen-bond donors (Lipinski definition) is 4. The van der Waals surface area contributed by atoms with E-state index >= 15 is 0 Å². The number of nitrogens with zero attached hydrogens (tertiary/aromatic N) is 5. The molecule has 196 valence electrons. The number of nitrogens with one attached hydrogen (secondary N) is 3. The largest absolute Gasteiger partial charge is 0.374 e. The number of aromatic nitrogens is 7. The number of carbonyl (C=O) groups is 1. The Morgan fingerprint density at radius 3 is 2.87 bits per heavy atom. The highest BCUT2D eigenvalue weighted by Gasteiger charge is 2.18. The summed E-state index contributed by atoms with van der Waals surface area (Å²) in [6, 6.07) is 9.54. The van der Waals surface area contributed by atoms with Gasteiger partial charge in [-0.3, -0.25) is 19.9 Å². The number of carbonyl (C=O) groups excluding carboxylic acids is 1. The number of aliphatic hydroxyl groups excluding tert-OH is 1. The third-order valence-electron chi connectivity index (χ3n) is 6.47. The third kappa shape index (κ3) is 4.89. The van der Waals surface area contributed by atoms with Crippen LogP contribution >= 0.6 is 11.3 Å². The van der Waals surface area contributed by atoms with E-state index in [1.807, 2.05) is 30.3 Å². The molecule has 1 atom stereocenters. The predicted molar refractivity (Wildman–Crippen MR) is 152 cm³/mol. The molecule has 0 aliphatic heterocycles. The summed E-state index contributed by atoms with van der Waals surface area (Å²) in [4.78, 5) is 35.0. The van der Waals surface area contributed by atoms with Crippen molar-refractivity contribution in [1.29, 1.82) is 0 Å². The van der Waals surface area contributed by atoms with Crippen LogP contribution in [0.5, 0.6) is 0 Å². The Morgan fingerprint density at radius 2 is 2.05 bits per heavy atom. The number of unbranched alkanes of at least 4 members (excludes halogenated alkanes) is 1. The van der Waals surface area contributed by atoms with Gasteiger partial charge in [0.05, 0.1) is 34.2 Å². The van der Waals surface area contributed by atoms with Gasteiger partial charge in [-0.1, -0.05) is 13.3 Å². The summed E-state index contributed by atoms with van der Waals surface area (Å²) < 4.78 is 0. The van der Waals surface area contributed by atoms with Crippen molar-refractivity contribution < 1.29 is 9.90 Å². The summed E-state index contributed by atoms with van der Waals surface area (Å²) in [5.74, 6) is 0.611. The SMILES string of the molecule is CCCCC(O)Nc1cncc(-c2cc3c(-c4nc5c(-c6ccc(C(C)=O)s6)ccnc5[nH]4)n[nH]c3cn2)c1. The maximum Gasteiger partial charge on any atom is 0.169 e. The molecule has 0 saturated carbocycles. The molecule has 6 aromatic rings. The number of fused-ring (bicyclic) bond motifs is 2. The number of pyridine rings is 3. The van der Waals surface area contributed by atoms with Gasteiger partial charge >= 0.3 is 0 Å². The predicted octanol–water partition coefficient (Wildman–Crippen LogP) is 5.81. The Balaban J connectivity index is 1.36. The second-order valence-electron chi connectivity index (χ2n) is 9.31. The van der Waals surface area contributed by atoms with Crippen LogP contribution in [0.1, 0.15) is 42.8 Å². The fourth-order valence-corrected chi connectivity index (χ4v) is 5.40. The molecule has 0 fully saturated rings. The maximum atomic E-state index is 11.8. The van der Waals surface area contributed by atoms with Crippen LogP contribution < -0.4 is 5.32 Å². The second kappa shape index (κ2) is 10.4. The van der Waals surface area contributed by atoms with Gasteiger partial charge in [0, 0.05) is 33.8 Å². The lowest BCUT2D eigenvalue weighted by Crippen LogP contribution is -2.18. The Kier molecular flexibility index (Phi) is 6.59. The van der Waals surface area contributed by atoms with Gasteiger partial charge in [0.2, 0.25) is 0 Å². The summed E-state index contributed by atoms with van der Waals surface area (Å²) in [7, 11) is 0. The first-order valence-electron chi connectivity index (χ1n) is 12.7. The molecule has 1 unspecified atom stereocenters. The molecule has 6 aromatic heterocycles.